The summed E-state index contributed by atoms with van der Waals surface area (Å²) in [7, 11) is 0. The van der Waals surface area contributed by atoms with E-state index < -0.39 is 5.51 Å². The maximum atomic E-state index is 11.8. The summed E-state index contributed by atoms with van der Waals surface area (Å²) in [6, 6.07) is 0. The molecule has 1 heterocycles. The molecule has 0 aliphatic carbocycles. The summed E-state index contributed by atoms with van der Waals surface area (Å²) in [5.41, 5.74) is -4.20. The van der Waals surface area contributed by atoms with Gasteiger partial charge in [-0.2, -0.15) is 13.2 Å². The van der Waals surface area contributed by atoms with Crippen LogP contribution in [-0.2, 0) is 4.79 Å². The second-order valence-corrected chi connectivity index (χ2v) is 5.49. The van der Waals surface area contributed by atoms with Gasteiger partial charge in [0, 0.05) is 18.8 Å². The third-order valence-corrected chi connectivity index (χ3v) is 3.66. The van der Waals surface area contributed by atoms with E-state index in [1.165, 1.54) is 4.90 Å². The number of hydrogen-bond donors (Lipinski definition) is 0. The summed E-state index contributed by atoms with van der Waals surface area (Å²) >= 11 is 3.13. The van der Waals surface area contributed by atoms with Crippen LogP contribution in [0.5, 0.6) is 0 Å². The van der Waals surface area contributed by atoms with Crippen LogP contribution >= 0.6 is 27.7 Å². The molecule has 0 radical (unpaired) electrons. The van der Waals surface area contributed by atoms with E-state index in [4.69, 9.17) is 0 Å². The van der Waals surface area contributed by atoms with Gasteiger partial charge in [0.1, 0.15) is 0 Å². The number of hydrogen-bond acceptors (Lipinski definition) is 2. The molecule has 1 aliphatic rings. The van der Waals surface area contributed by atoms with Gasteiger partial charge in [0.2, 0.25) is 5.91 Å². The van der Waals surface area contributed by atoms with E-state index in [9.17, 15) is 18.0 Å². The molecular weight excluding hydrogens is 295 g/mol. The van der Waals surface area contributed by atoms with E-state index in [-0.39, 0.29) is 34.8 Å². The van der Waals surface area contributed by atoms with Crippen LogP contribution in [0.2, 0.25) is 0 Å². The molecule has 0 aromatic heterocycles. The standard InChI is InChI=1S/C8H11BrF3NOS/c9-6-2-1-3-13(7(6)14)4-5-15-8(10,11)12/h6H,1-5H2. The van der Waals surface area contributed by atoms with Crippen LogP contribution in [0.25, 0.3) is 0 Å². The van der Waals surface area contributed by atoms with Gasteiger partial charge in [0.25, 0.3) is 0 Å². The minimum atomic E-state index is -4.20. The van der Waals surface area contributed by atoms with Crippen LogP contribution in [0.3, 0.4) is 0 Å². The topological polar surface area (TPSA) is 20.3 Å². The summed E-state index contributed by atoms with van der Waals surface area (Å²) in [6.07, 6.45) is 1.61. The van der Waals surface area contributed by atoms with Gasteiger partial charge in [0.05, 0.1) is 4.83 Å². The Morgan fingerprint density at radius 2 is 2.20 bits per heavy atom. The number of carbonyl (C=O) groups excluding carboxylic acids is 1. The fourth-order valence-electron chi connectivity index (χ4n) is 1.39. The van der Waals surface area contributed by atoms with Crippen molar-refractivity contribution >= 4 is 33.6 Å². The largest absolute Gasteiger partial charge is 0.441 e. The van der Waals surface area contributed by atoms with Gasteiger partial charge in [0.15, 0.2) is 0 Å². The van der Waals surface area contributed by atoms with Crippen molar-refractivity contribution in [2.45, 2.75) is 23.2 Å². The molecule has 0 spiro atoms. The summed E-state index contributed by atoms with van der Waals surface area (Å²) in [6.45, 7) is 0.741. The molecule has 1 saturated heterocycles. The highest BCUT2D eigenvalue weighted by Crippen LogP contribution is 2.30. The summed E-state index contributed by atoms with van der Waals surface area (Å²) < 4.78 is 35.5. The second-order valence-electron chi connectivity index (χ2n) is 3.23. The van der Waals surface area contributed by atoms with E-state index in [1.807, 2.05) is 0 Å². The zero-order valence-corrected chi connectivity index (χ0v) is 10.3. The summed E-state index contributed by atoms with van der Waals surface area (Å²) in [4.78, 5) is 12.7. The Kier molecular flexibility index (Phi) is 4.76. The molecule has 1 fully saturated rings. The fourth-order valence-corrected chi connectivity index (χ4v) is 2.54. The SMILES string of the molecule is O=C1C(Br)CCCN1CCSC(F)(F)F. The molecule has 0 bridgehead atoms. The highest BCUT2D eigenvalue weighted by atomic mass is 79.9. The Morgan fingerprint density at radius 1 is 1.53 bits per heavy atom. The first kappa shape index (κ1) is 13.2. The Bertz CT molecular complexity index is 236. The molecule has 0 aromatic rings. The fraction of sp³-hybridized carbons (Fsp3) is 0.875. The normalized spacial score (nSPS) is 23.3. The lowest BCUT2D eigenvalue weighted by molar-refractivity contribution is -0.132. The Balaban J connectivity index is 2.29. The van der Waals surface area contributed by atoms with E-state index >= 15 is 0 Å². The van der Waals surface area contributed by atoms with Crippen molar-refractivity contribution in [3.63, 3.8) is 0 Å². The van der Waals surface area contributed by atoms with Crippen LogP contribution in [-0.4, -0.2) is 40.0 Å². The zero-order valence-electron chi connectivity index (χ0n) is 7.89. The second kappa shape index (κ2) is 5.43. The predicted octanol–water partition coefficient (Wildman–Crippen LogP) is 2.63. The van der Waals surface area contributed by atoms with Crippen molar-refractivity contribution in [1.82, 2.24) is 4.90 Å². The Hall–Kier alpha value is 0.0900. The Labute approximate surface area is 98.7 Å². The molecular formula is C8H11BrF3NOS. The highest BCUT2D eigenvalue weighted by Gasteiger charge is 2.30. The van der Waals surface area contributed by atoms with Crippen LogP contribution < -0.4 is 0 Å². The predicted molar refractivity (Wildman–Crippen MR) is 57.0 cm³/mol. The van der Waals surface area contributed by atoms with E-state index in [1.54, 1.807) is 0 Å². The Morgan fingerprint density at radius 3 is 2.80 bits per heavy atom. The molecule has 0 N–H and O–H groups in total. The number of halogens is 4. The molecule has 7 heteroatoms. The molecule has 1 amide bonds. The molecule has 1 aliphatic heterocycles. The number of rotatable bonds is 3. The van der Waals surface area contributed by atoms with Crippen molar-refractivity contribution in [2.75, 3.05) is 18.8 Å². The number of piperidine rings is 1. The maximum absolute atomic E-state index is 11.8. The molecule has 2 nitrogen and oxygen atoms in total. The molecule has 15 heavy (non-hydrogen) atoms. The lowest BCUT2D eigenvalue weighted by atomic mass is 10.1. The van der Waals surface area contributed by atoms with Crippen molar-refractivity contribution in [3.8, 4) is 0 Å². The molecule has 0 aromatic carbocycles. The molecule has 88 valence electrons. The lowest BCUT2D eigenvalue weighted by Gasteiger charge is -2.29. The van der Waals surface area contributed by atoms with E-state index in [2.05, 4.69) is 15.9 Å². The van der Waals surface area contributed by atoms with Gasteiger partial charge >= 0.3 is 5.51 Å². The van der Waals surface area contributed by atoms with Crippen molar-refractivity contribution in [1.29, 1.82) is 0 Å². The van der Waals surface area contributed by atoms with E-state index in [0.29, 0.717) is 6.54 Å². The minimum Gasteiger partial charge on any atom is -0.341 e. The quantitative estimate of drug-likeness (QED) is 0.747. The van der Waals surface area contributed by atoms with Crippen molar-refractivity contribution < 1.29 is 18.0 Å². The van der Waals surface area contributed by atoms with Gasteiger partial charge in [-0.15, -0.1) is 0 Å². The number of amides is 1. The van der Waals surface area contributed by atoms with Crippen LogP contribution in [0, 0.1) is 0 Å². The minimum absolute atomic E-state index is 0.0787. The van der Waals surface area contributed by atoms with Gasteiger partial charge < -0.3 is 4.90 Å². The molecule has 0 saturated carbocycles. The molecule has 1 rings (SSSR count). The van der Waals surface area contributed by atoms with Crippen LogP contribution in [0.15, 0.2) is 0 Å². The third kappa shape index (κ3) is 4.63. The van der Waals surface area contributed by atoms with E-state index in [0.717, 1.165) is 12.8 Å². The first-order valence-corrected chi connectivity index (χ1v) is 6.44. The third-order valence-electron chi connectivity index (χ3n) is 2.09. The first-order valence-electron chi connectivity index (χ1n) is 4.54. The first-order chi connectivity index (χ1) is 6.90. The number of alkyl halides is 4. The average molecular weight is 306 g/mol. The van der Waals surface area contributed by atoms with Gasteiger partial charge in [-0.05, 0) is 24.6 Å². The number of nitrogens with zero attached hydrogens (tertiary/aromatic N) is 1. The van der Waals surface area contributed by atoms with Gasteiger partial charge in [-0.1, -0.05) is 15.9 Å². The van der Waals surface area contributed by atoms with Gasteiger partial charge in [-0.3, -0.25) is 4.79 Å². The highest BCUT2D eigenvalue weighted by molar-refractivity contribution is 9.10. The van der Waals surface area contributed by atoms with Crippen LogP contribution in [0.4, 0.5) is 13.2 Å². The zero-order chi connectivity index (χ0) is 11.5. The monoisotopic (exact) mass is 305 g/mol. The molecule has 1 atom stereocenters. The molecule has 1 unspecified atom stereocenters. The van der Waals surface area contributed by atoms with Crippen molar-refractivity contribution in [3.05, 3.63) is 0 Å². The summed E-state index contributed by atoms with van der Waals surface area (Å²) in [5, 5.41) is 0. The number of carbonyl (C=O) groups is 1. The number of likely N-dealkylation sites (tertiary alicyclic amines) is 1. The smallest absolute Gasteiger partial charge is 0.341 e. The van der Waals surface area contributed by atoms with Crippen LogP contribution in [0.1, 0.15) is 12.8 Å². The number of thioether (sulfide) groups is 1. The maximum Gasteiger partial charge on any atom is 0.441 e. The lowest BCUT2D eigenvalue weighted by Crippen LogP contribution is -2.42. The average Bonchev–Trinajstić information content (AvgIpc) is 2.10. The summed E-state index contributed by atoms with van der Waals surface area (Å²) in [5.74, 6) is -0.182. The van der Waals surface area contributed by atoms with Crippen molar-refractivity contribution in [2.24, 2.45) is 0 Å². The van der Waals surface area contributed by atoms with Gasteiger partial charge in [-0.25, -0.2) is 0 Å².